The second kappa shape index (κ2) is 19.9. The number of hydrogen-bond donors (Lipinski definition) is 0. The predicted molar refractivity (Wildman–Crippen MR) is 215 cm³/mol. The van der Waals surface area contributed by atoms with E-state index in [0.29, 0.717) is 16.7 Å². The van der Waals surface area contributed by atoms with Gasteiger partial charge in [0.1, 0.15) is 11.7 Å². The topological polar surface area (TPSA) is 114 Å². The molecule has 0 saturated carbocycles. The van der Waals surface area contributed by atoms with E-state index in [9.17, 15) is 19.2 Å². The molecule has 0 fully saturated rings. The largest absolute Gasteiger partial charge is 0.492 e. The Labute approximate surface area is 329 Å². The summed E-state index contributed by atoms with van der Waals surface area (Å²) in [6, 6.07) is 20.9. The molecule has 9 nitrogen and oxygen atoms in total. The lowest BCUT2D eigenvalue weighted by atomic mass is 9.93. The average molecular weight is 763 g/mol. The van der Waals surface area contributed by atoms with Crippen molar-refractivity contribution in [3.63, 3.8) is 0 Å². The molecule has 4 aromatic rings. The number of halogens is 1. The highest BCUT2D eigenvalue weighted by Gasteiger charge is 2.27. The quantitative estimate of drug-likeness (QED) is 0.0349. The van der Waals surface area contributed by atoms with Crippen LogP contribution in [0.3, 0.4) is 0 Å². The molecule has 0 aliphatic carbocycles. The van der Waals surface area contributed by atoms with E-state index >= 15 is 4.39 Å². The van der Waals surface area contributed by atoms with Crippen LogP contribution in [0.2, 0.25) is 0 Å². The molecule has 4 aromatic carbocycles. The van der Waals surface area contributed by atoms with Gasteiger partial charge in [-0.25, -0.2) is 23.6 Å². The highest BCUT2D eigenvalue weighted by Crippen LogP contribution is 2.43. The molecule has 10 heteroatoms. The van der Waals surface area contributed by atoms with Crippen LogP contribution < -0.4 is 9.47 Å². The van der Waals surface area contributed by atoms with Gasteiger partial charge in [-0.05, 0) is 71.9 Å². The van der Waals surface area contributed by atoms with E-state index < -0.39 is 29.7 Å². The van der Waals surface area contributed by atoms with Gasteiger partial charge in [0.2, 0.25) is 0 Å². The Bertz CT molecular complexity index is 2450. The van der Waals surface area contributed by atoms with Crippen molar-refractivity contribution in [3.05, 3.63) is 169 Å². The zero-order valence-electron chi connectivity index (χ0n) is 31.3. The van der Waals surface area contributed by atoms with Gasteiger partial charge in [0.25, 0.3) is 0 Å². The normalized spacial score (nSPS) is 10.2. The molecule has 284 valence electrons. The number of carbonyl (C=O) groups excluding carboxylic acids is 4. The summed E-state index contributed by atoms with van der Waals surface area (Å²) in [5.74, 6) is 4.01. The van der Waals surface area contributed by atoms with Gasteiger partial charge < -0.3 is 23.7 Å². The van der Waals surface area contributed by atoms with Gasteiger partial charge in [0, 0.05) is 34.4 Å². The summed E-state index contributed by atoms with van der Waals surface area (Å²) in [6.45, 7) is 17.0. The van der Waals surface area contributed by atoms with Crippen molar-refractivity contribution in [3.8, 4) is 57.6 Å². The third kappa shape index (κ3) is 11.3. The van der Waals surface area contributed by atoms with Crippen LogP contribution in [-0.4, -0.2) is 31.0 Å². The Morgan fingerprint density at radius 2 is 1.12 bits per heavy atom. The molecule has 0 radical (unpaired) electrons. The second-order valence-corrected chi connectivity index (χ2v) is 11.8. The van der Waals surface area contributed by atoms with E-state index in [4.69, 9.17) is 23.7 Å². The number of esters is 4. The highest BCUT2D eigenvalue weighted by molar-refractivity contribution is 5.89. The minimum atomic E-state index is -0.907. The van der Waals surface area contributed by atoms with Crippen molar-refractivity contribution in [2.45, 2.75) is 13.8 Å². The van der Waals surface area contributed by atoms with Gasteiger partial charge in [-0.1, -0.05) is 98.8 Å². The van der Waals surface area contributed by atoms with Crippen molar-refractivity contribution in [2.75, 3.05) is 7.11 Å². The third-order valence-corrected chi connectivity index (χ3v) is 7.65. The van der Waals surface area contributed by atoms with Crippen LogP contribution in [0, 0.1) is 29.7 Å². The lowest BCUT2D eigenvalue weighted by Crippen LogP contribution is -2.10. The summed E-state index contributed by atoms with van der Waals surface area (Å²) in [4.78, 5) is 47.9. The van der Waals surface area contributed by atoms with Crippen molar-refractivity contribution < 1.29 is 47.3 Å². The molecule has 0 atom stereocenters. The molecule has 0 aromatic heterocycles. The van der Waals surface area contributed by atoms with Crippen LogP contribution >= 0.6 is 0 Å². The van der Waals surface area contributed by atoms with Crippen LogP contribution in [0.1, 0.15) is 41.7 Å². The van der Waals surface area contributed by atoms with E-state index in [2.05, 4.69) is 50.2 Å². The van der Waals surface area contributed by atoms with Crippen LogP contribution in [0.25, 0.3) is 34.4 Å². The zero-order valence-corrected chi connectivity index (χ0v) is 31.3. The summed E-state index contributed by atoms with van der Waals surface area (Å²) in [5.41, 5.74) is 3.92. The molecular formula is C47H35FO9. The fourth-order valence-electron chi connectivity index (χ4n) is 4.76. The standard InChI is InChI=1S/C47H35FO9/c1-8-40(49)54-29-26-38-42(37-21-19-36(20-22-37)35-17-14-34(15-18-35)25-28-56-47(52)31(5)6)43(48)45(53-7)39(44(38)57-41(50)9-2)23-16-32-10-12-33(13-11-32)24-27-55-46(51)30(3)4/h8-15,17-22,24-25,27-28H,1-3,5H2,4,6-7H3. The van der Waals surface area contributed by atoms with Gasteiger partial charge in [-0.2, -0.15) is 0 Å². The van der Waals surface area contributed by atoms with E-state index in [1.54, 1.807) is 67.6 Å². The van der Waals surface area contributed by atoms with Gasteiger partial charge in [0.15, 0.2) is 17.3 Å². The maximum atomic E-state index is 16.8. The first-order valence-electron chi connectivity index (χ1n) is 16.9. The summed E-state index contributed by atoms with van der Waals surface area (Å²) in [7, 11) is 1.23. The summed E-state index contributed by atoms with van der Waals surface area (Å²) < 4.78 is 42.8. The molecule has 0 spiro atoms. The van der Waals surface area contributed by atoms with E-state index in [-0.39, 0.29) is 39.3 Å². The Balaban J connectivity index is 1.81. The Morgan fingerprint density at radius 3 is 1.61 bits per heavy atom. The average Bonchev–Trinajstić information content (AvgIpc) is 3.21. The first kappa shape index (κ1) is 41.8. The third-order valence-electron chi connectivity index (χ3n) is 7.65. The number of ether oxygens (including phenoxy) is 5. The minimum absolute atomic E-state index is 0.133. The Kier molecular flexibility index (Phi) is 14.6. The molecule has 0 aliphatic rings. The first-order chi connectivity index (χ1) is 27.4. The van der Waals surface area contributed by atoms with Gasteiger partial charge in [-0.3, -0.25) is 0 Å². The number of rotatable bonds is 12. The molecule has 4 rings (SSSR count). The molecule has 0 unspecified atom stereocenters. The van der Waals surface area contributed by atoms with E-state index in [1.165, 1.54) is 26.6 Å². The van der Waals surface area contributed by atoms with Crippen molar-refractivity contribution in [2.24, 2.45) is 0 Å². The lowest BCUT2D eigenvalue weighted by Gasteiger charge is -2.18. The van der Waals surface area contributed by atoms with E-state index in [0.717, 1.165) is 28.8 Å². The minimum Gasteiger partial charge on any atom is -0.492 e. The van der Waals surface area contributed by atoms with E-state index in [1.807, 2.05) is 24.3 Å². The van der Waals surface area contributed by atoms with Crippen LogP contribution in [-0.2, 0) is 33.4 Å². The van der Waals surface area contributed by atoms with Crippen molar-refractivity contribution in [1.29, 1.82) is 0 Å². The smallest absolute Gasteiger partial charge is 0.344 e. The monoisotopic (exact) mass is 762 g/mol. The van der Waals surface area contributed by atoms with Gasteiger partial charge >= 0.3 is 23.9 Å². The Morgan fingerprint density at radius 1 is 0.632 bits per heavy atom. The molecule has 0 saturated heterocycles. The number of methoxy groups -OCH3 is 1. The molecule has 0 amide bonds. The number of hydrogen-bond acceptors (Lipinski definition) is 9. The van der Waals surface area contributed by atoms with Crippen LogP contribution in [0.5, 0.6) is 11.5 Å². The number of carbonyl (C=O) groups is 4. The summed E-state index contributed by atoms with van der Waals surface area (Å²) in [5, 5.41) is 0. The first-order valence-corrected chi connectivity index (χ1v) is 16.9. The molecule has 0 aliphatic heterocycles. The Hall–Kier alpha value is -7.95. The predicted octanol–water partition coefficient (Wildman–Crippen LogP) is 8.88. The SMILES string of the molecule is C=CC(=O)OC#Cc1c(OC(=O)C=C)c(C#Cc2ccc(C=COC(=O)C(=C)C)cc2)c(OC)c(F)c1-c1ccc(-c2ccc(C=COC(=O)C(=C)C)cc2)cc1. The zero-order chi connectivity index (χ0) is 41.5. The van der Waals surface area contributed by atoms with Gasteiger partial charge in [0.05, 0.1) is 25.2 Å². The molecule has 0 bridgehead atoms. The summed E-state index contributed by atoms with van der Waals surface area (Å²) >= 11 is 0. The second-order valence-electron chi connectivity index (χ2n) is 11.8. The van der Waals surface area contributed by atoms with Crippen LogP contribution in [0.4, 0.5) is 4.39 Å². The highest BCUT2D eigenvalue weighted by atomic mass is 19.1. The fourth-order valence-corrected chi connectivity index (χ4v) is 4.76. The lowest BCUT2D eigenvalue weighted by molar-refractivity contribution is -0.134. The van der Waals surface area contributed by atoms with Crippen molar-refractivity contribution in [1.82, 2.24) is 0 Å². The number of benzene rings is 4. The van der Waals surface area contributed by atoms with Gasteiger partial charge in [-0.15, -0.1) is 0 Å². The molecule has 0 heterocycles. The molecular weight excluding hydrogens is 728 g/mol. The van der Waals surface area contributed by atoms with Crippen LogP contribution in [0.15, 0.2) is 135 Å². The van der Waals surface area contributed by atoms with Crippen molar-refractivity contribution >= 4 is 36.0 Å². The maximum absolute atomic E-state index is 16.8. The molecule has 57 heavy (non-hydrogen) atoms. The summed E-state index contributed by atoms with van der Waals surface area (Å²) in [6.07, 6.45) is 9.77. The fraction of sp³-hybridized carbons (Fsp3) is 0.0638. The molecule has 0 N–H and O–H groups in total. The maximum Gasteiger partial charge on any atom is 0.344 e.